The lowest BCUT2D eigenvalue weighted by atomic mass is 10.1. The Morgan fingerprint density at radius 2 is 1.18 bits per heavy atom. The van der Waals surface area contributed by atoms with Crippen LogP contribution in [0.1, 0.15) is 27.9 Å². The highest BCUT2D eigenvalue weighted by molar-refractivity contribution is 6.32. The van der Waals surface area contributed by atoms with E-state index in [0.717, 1.165) is 16.8 Å². The molecule has 214 valence electrons. The summed E-state index contributed by atoms with van der Waals surface area (Å²) in [5.41, 5.74) is 2.81. The Morgan fingerprint density at radius 3 is 1.65 bits per heavy atom. The lowest BCUT2D eigenvalue weighted by Crippen LogP contribution is -2.10. The van der Waals surface area contributed by atoms with Crippen LogP contribution < -0.4 is 38.5 Å². The minimum absolute atomic E-state index is 0.0952. The van der Waals surface area contributed by atoms with E-state index in [-0.39, 0.29) is 12.2 Å². The predicted molar refractivity (Wildman–Crippen MR) is 157 cm³/mol. The number of methoxy groups -OCH3 is 7. The van der Waals surface area contributed by atoms with Crippen molar-refractivity contribution >= 4 is 35.2 Å². The van der Waals surface area contributed by atoms with E-state index in [2.05, 4.69) is 5.32 Å². The van der Waals surface area contributed by atoms with Gasteiger partial charge in [0.05, 0.1) is 54.8 Å². The second-order valence-electron chi connectivity index (χ2n) is 8.38. The third-order valence-corrected chi connectivity index (χ3v) is 6.42. The van der Waals surface area contributed by atoms with Crippen molar-refractivity contribution in [3.63, 3.8) is 0 Å². The summed E-state index contributed by atoms with van der Waals surface area (Å²) >= 11 is 6.43. The van der Waals surface area contributed by atoms with Crippen molar-refractivity contribution in [1.82, 2.24) is 0 Å². The van der Waals surface area contributed by atoms with E-state index >= 15 is 0 Å². The Labute approximate surface area is 239 Å². The molecule has 0 atom stereocenters. The molecule has 0 heterocycles. The molecule has 0 saturated carbocycles. The molecule has 0 aliphatic rings. The second-order valence-corrected chi connectivity index (χ2v) is 8.79. The second kappa shape index (κ2) is 14.2. The van der Waals surface area contributed by atoms with Crippen LogP contribution in [0.5, 0.6) is 40.2 Å². The van der Waals surface area contributed by atoms with Gasteiger partial charge in [-0.15, -0.1) is 0 Å². The highest BCUT2D eigenvalue weighted by Crippen LogP contribution is 2.40. The summed E-state index contributed by atoms with van der Waals surface area (Å²) in [4.78, 5) is 13.0. The molecule has 3 aromatic rings. The first-order valence-corrected chi connectivity index (χ1v) is 12.6. The van der Waals surface area contributed by atoms with Gasteiger partial charge in [-0.05, 0) is 41.5 Å². The van der Waals surface area contributed by atoms with Gasteiger partial charge in [-0.25, -0.2) is 0 Å². The van der Waals surface area contributed by atoms with Gasteiger partial charge in [-0.1, -0.05) is 23.8 Å². The van der Waals surface area contributed by atoms with Crippen LogP contribution in [0.25, 0.3) is 12.2 Å². The molecule has 0 amide bonds. The fourth-order valence-electron chi connectivity index (χ4n) is 4.10. The molecule has 1 N–H and O–H groups in total. The molecular formula is C30H34ClNO8. The molecule has 0 fully saturated rings. The maximum Gasteiger partial charge on any atom is 0.203 e. The van der Waals surface area contributed by atoms with Crippen molar-refractivity contribution in [1.29, 1.82) is 0 Å². The van der Waals surface area contributed by atoms with Crippen molar-refractivity contribution in [2.24, 2.45) is 0 Å². The molecular weight excluding hydrogens is 538 g/mol. The number of ether oxygens (including phenoxy) is 7. The van der Waals surface area contributed by atoms with Crippen LogP contribution in [0.2, 0.25) is 5.02 Å². The first-order chi connectivity index (χ1) is 19.3. The maximum absolute atomic E-state index is 13.0. The van der Waals surface area contributed by atoms with Crippen LogP contribution in [0.15, 0.2) is 36.4 Å². The summed E-state index contributed by atoms with van der Waals surface area (Å²) in [7, 11) is 10.8. The molecule has 0 aliphatic heterocycles. The van der Waals surface area contributed by atoms with Gasteiger partial charge in [0.15, 0.2) is 28.8 Å². The topological polar surface area (TPSA) is 93.7 Å². The molecule has 0 unspecified atom stereocenters. The Hall–Kier alpha value is -4.24. The molecule has 0 saturated heterocycles. The molecule has 0 aliphatic carbocycles. The van der Waals surface area contributed by atoms with E-state index in [1.807, 2.05) is 24.3 Å². The van der Waals surface area contributed by atoms with E-state index in [1.165, 1.54) is 21.3 Å². The van der Waals surface area contributed by atoms with Crippen molar-refractivity contribution in [3.8, 4) is 40.2 Å². The minimum Gasteiger partial charge on any atom is -0.495 e. The number of carbonyl (C=O) groups excluding carboxylic acids is 1. The Kier molecular flexibility index (Phi) is 10.8. The molecule has 3 rings (SSSR count). The van der Waals surface area contributed by atoms with Crippen molar-refractivity contribution in [2.45, 2.75) is 6.42 Å². The summed E-state index contributed by atoms with van der Waals surface area (Å²) in [6.45, 7) is 0.352. The average Bonchev–Trinajstić information content (AvgIpc) is 2.98. The average molecular weight is 572 g/mol. The Bertz CT molecular complexity index is 1320. The summed E-state index contributed by atoms with van der Waals surface area (Å²) in [6.07, 6.45) is 4.00. The van der Waals surface area contributed by atoms with Crippen LogP contribution in [0.3, 0.4) is 0 Å². The monoisotopic (exact) mass is 571 g/mol. The zero-order valence-corrected chi connectivity index (χ0v) is 24.4. The normalized spacial score (nSPS) is 10.7. The van der Waals surface area contributed by atoms with Crippen molar-refractivity contribution in [3.05, 3.63) is 58.1 Å². The first kappa shape index (κ1) is 30.3. The lowest BCUT2D eigenvalue weighted by Gasteiger charge is -2.15. The molecule has 0 bridgehead atoms. The zero-order valence-electron chi connectivity index (χ0n) is 23.7. The minimum atomic E-state index is -0.0952. The summed E-state index contributed by atoms with van der Waals surface area (Å²) in [5, 5.41) is 3.78. The number of hydrogen-bond acceptors (Lipinski definition) is 9. The van der Waals surface area contributed by atoms with Crippen LogP contribution in [-0.2, 0) is 0 Å². The molecule has 3 aromatic carbocycles. The van der Waals surface area contributed by atoms with Crippen LogP contribution >= 0.6 is 11.6 Å². The largest absolute Gasteiger partial charge is 0.495 e. The highest BCUT2D eigenvalue weighted by Gasteiger charge is 2.17. The molecule has 40 heavy (non-hydrogen) atoms. The first-order valence-electron chi connectivity index (χ1n) is 12.3. The van der Waals surface area contributed by atoms with Gasteiger partial charge in [0.25, 0.3) is 0 Å². The fourth-order valence-corrected chi connectivity index (χ4v) is 4.35. The summed E-state index contributed by atoms with van der Waals surface area (Å²) < 4.78 is 37.8. The Balaban J connectivity index is 1.85. The van der Waals surface area contributed by atoms with Gasteiger partial charge >= 0.3 is 0 Å². The number of rotatable bonds is 14. The van der Waals surface area contributed by atoms with Crippen LogP contribution in [0, 0.1) is 0 Å². The SMILES string of the molecule is COc1cc(NCCC(=O)c2cc(OC)c(OC)c(OC)c2)c(/C=C\c2cc(OC)c(OC)c(OC)c2)cc1Cl. The van der Waals surface area contributed by atoms with E-state index < -0.39 is 0 Å². The predicted octanol–water partition coefficient (Wildman–Crippen LogP) is 6.26. The van der Waals surface area contributed by atoms with E-state index in [4.69, 9.17) is 44.8 Å². The third-order valence-electron chi connectivity index (χ3n) is 6.12. The fraction of sp³-hybridized carbons (Fsp3) is 0.300. The smallest absolute Gasteiger partial charge is 0.203 e. The number of ketones is 1. The van der Waals surface area contributed by atoms with Gasteiger partial charge in [0.2, 0.25) is 11.5 Å². The molecule has 0 spiro atoms. The molecule has 0 radical (unpaired) electrons. The highest BCUT2D eigenvalue weighted by atomic mass is 35.5. The number of carbonyl (C=O) groups is 1. The standard InChI is InChI=1S/C30H34ClNO8/c1-34-24-17-22(32-11-10-23(33)20-15-27(37-4)30(40-7)28(16-20)38-5)19(14-21(24)31)9-8-18-12-25(35-2)29(39-6)26(13-18)36-3/h8-9,12-17,32H,10-11H2,1-7H3/b9-8-. The molecule has 9 nitrogen and oxygen atoms in total. The number of hydrogen-bond donors (Lipinski definition) is 1. The number of Topliss-reactive ketones (excluding diaryl/α,β-unsaturated/α-hetero) is 1. The van der Waals surface area contributed by atoms with Crippen LogP contribution in [-0.4, -0.2) is 62.1 Å². The number of anilines is 1. The molecule has 10 heteroatoms. The van der Waals surface area contributed by atoms with Crippen molar-refractivity contribution < 1.29 is 38.0 Å². The summed E-state index contributed by atoms with van der Waals surface area (Å²) in [6, 6.07) is 10.5. The van der Waals surface area contributed by atoms with E-state index in [1.54, 1.807) is 52.7 Å². The van der Waals surface area contributed by atoms with E-state index in [9.17, 15) is 4.79 Å². The summed E-state index contributed by atoms with van der Waals surface area (Å²) in [5.74, 6) is 3.26. The number of halogens is 1. The van der Waals surface area contributed by atoms with Gasteiger partial charge in [0, 0.05) is 30.3 Å². The number of nitrogens with one attached hydrogen (secondary N) is 1. The van der Waals surface area contributed by atoms with E-state index in [0.29, 0.717) is 57.4 Å². The molecule has 0 aromatic heterocycles. The Morgan fingerprint density at radius 1 is 0.675 bits per heavy atom. The van der Waals surface area contributed by atoms with Gasteiger partial charge in [-0.2, -0.15) is 0 Å². The van der Waals surface area contributed by atoms with Gasteiger partial charge in [0.1, 0.15) is 5.75 Å². The maximum atomic E-state index is 13.0. The zero-order chi connectivity index (χ0) is 29.2. The third kappa shape index (κ3) is 6.84. The quantitative estimate of drug-likeness (QED) is 0.178. The van der Waals surface area contributed by atoms with Crippen LogP contribution in [0.4, 0.5) is 5.69 Å². The van der Waals surface area contributed by atoms with Gasteiger partial charge in [-0.3, -0.25) is 4.79 Å². The lowest BCUT2D eigenvalue weighted by molar-refractivity contribution is 0.0985. The number of benzene rings is 3. The van der Waals surface area contributed by atoms with Gasteiger partial charge < -0.3 is 38.5 Å². The van der Waals surface area contributed by atoms with Crippen molar-refractivity contribution in [2.75, 3.05) is 61.6 Å².